The number of ether oxygens (including phenoxy) is 1. The largest absolute Gasteiger partial charge is 0.497 e. The summed E-state index contributed by atoms with van der Waals surface area (Å²) >= 11 is 1.54. The quantitative estimate of drug-likeness (QED) is 0.474. The van der Waals surface area contributed by atoms with Gasteiger partial charge in [-0.3, -0.25) is 9.59 Å². The van der Waals surface area contributed by atoms with E-state index in [0.717, 1.165) is 29.0 Å². The fourth-order valence-electron chi connectivity index (χ4n) is 3.29. The minimum absolute atomic E-state index is 0.0862. The number of thiophene rings is 1. The Labute approximate surface area is 186 Å². The molecule has 7 heteroatoms. The second kappa shape index (κ2) is 11.4. The zero-order valence-corrected chi connectivity index (χ0v) is 18.7. The number of carbonyl (C=O) groups is 2. The molecule has 2 heterocycles. The summed E-state index contributed by atoms with van der Waals surface area (Å²) in [5.74, 6) is 0.870. The fraction of sp³-hybridized carbons (Fsp3) is 0.333. The molecule has 0 saturated carbocycles. The summed E-state index contributed by atoms with van der Waals surface area (Å²) in [5.41, 5.74) is 0.942. The Hall–Kier alpha value is -3.06. The Morgan fingerprint density at radius 1 is 1.16 bits per heavy atom. The van der Waals surface area contributed by atoms with Crippen LogP contribution in [0.4, 0.5) is 0 Å². The predicted molar refractivity (Wildman–Crippen MR) is 121 cm³/mol. The van der Waals surface area contributed by atoms with Gasteiger partial charge in [0, 0.05) is 18.0 Å². The van der Waals surface area contributed by atoms with Crippen LogP contribution in [0.3, 0.4) is 0 Å². The van der Waals surface area contributed by atoms with Crippen molar-refractivity contribution in [2.24, 2.45) is 0 Å². The number of nitrogens with zero attached hydrogens (tertiary/aromatic N) is 1. The van der Waals surface area contributed by atoms with Crippen molar-refractivity contribution in [3.63, 3.8) is 0 Å². The van der Waals surface area contributed by atoms with Crippen LogP contribution in [-0.2, 0) is 22.6 Å². The van der Waals surface area contributed by atoms with Crippen molar-refractivity contribution in [1.29, 1.82) is 0 Å². The molecule has 0 aliphatic carbocycles. The molecule has 1 atom stereocenters. The van der Waals surface area contributed by atoms with Gasteiger partial charge >= 0.3 is 0 Å². The maximum absolute atomic E-state index is 13.3. The van der Waals surface area contributed by atoms with Crippen molar-refractivity contribution in [1.82, 2.24) is 10.2 Å². The average molecular weight is 441 g/mol. The van der Waals surface area contributed by atoms with E-state index in [9.17, 15) is 9.59 Å². The standard InChI is InChI=1S/C24H28N2O4S/c1-3-4-13-26(22(27)16-20-7-6-15-31-20)23(21-8-5-14-30-21)24(28)25-17-18-9-11-19(29-2)12-10-18/h5-12,14-15,23H,3-4,13,16-17H2,1-2H3,(H,25,28)/t23-/m0/s1. The Bertz CT molecular complexity index is 937. The van der Waals surface area contributed by atoms with Gasteiger partial charge in [0.1, 0.15) is 11.5 Å². The smallest absolute Gasteiger partial charge is 0.251 e. The van der Waals surface area contributed by atoms with E-state index >= 15 is 0 Å². The lowest BCUT2D eigenvalue weighted by molar-refractivity contribution is -0.141. The summed E-state index contributed by atoms with van der Waals surface area (Å²) in [5, 5.41) is 4.91. The normalized spacial score (nSPS) is 11.7. The van der Waals surface area contributed by atoms with Crippen molar-refractivity contribution < 1.29 is 18.7 Å². The first-order chi connectivity index (χ1) is 15.1. The van der Waals surface area contributed by atoms with E-state index in [0.29, 0.717) is 18.8 Å². The Kier molecular flexibility index (Phi) is 8.29. The lowest BCUT2D eigenvalue weighted by atomic mass is 10.1. The SMILES string of the molecule is CCCCN(C(=O)Cc1cccs1)[C@H](C(=O)NCc1ccc(OC)cc1)c1ccco1. The highest BCUT2D eigenvalue weighted by Crippen LogP contribution is 2.24. The molecule has 164 valence electrons. The van der Waals surface area contributed by atoms with E-state index in [-0.39, 0.29) is 18.2 Å². The summed E-state index contributed by atoms with van der Waals surface area (Å²) in [6.07, 6.45) is 3.52. The fourth-order valence-corrected chi connectivity index (χ4v) is 3.99. The van der Waals surface area contributed by atoms with Crippen LogP contribution in [0.5, 0.6) is 5.75 Å². The molecule has 0 unspecified atom stereocenters. The van der Waals surface area contributed by atoms with E-state index in [1.165, 1.54) is 17.6 Å². The molecule has 2 amide bonds. The topological polar surface area (TPSA) is 71.8 Å². The number of methoxy groups -OCH3 is 1. The highest BCUT2D eigenvalue weighted by Gasteiger charge is 2.33. The molecule has 0 aliphatic heterocycles. The number of unbranched alkanes of at least 4 members (excludes halogenated alkanes) is 1. The molecule has 0 spiro atoms. The summed E-state index contributed by atoms with van der Waals surface area (Å²) in [7, 11) is 1.61. The molecule has 0 radical (unpaired) electrons. The average Bonchev–Trinajstić information content (AvgIpc) is 3.49. The van der Waals surface area contributed by atoms with Gasteiger partial charge in [0.2, 0.25) is 5.91 Å². The molecule has 0 aliphatic rings. The molecule has 6 nitrogen and oxygen atoms in total. The van der Waals surface area contributed by atoms with Gasteiger partial charge in [0.25, 0.3) is 5.91 Å². The Morgan fingerprint density at radius 2 is 1.97 bits per heavy atom. The first-order valence-electron chi connectivity index (χ1n) is 10.4. The third-order valence-corrected chi connectivity index (χ3v) is 5.85. The van der Waals surface area contributed by atoms with Crippen LogP contribution in [-0.4, -0.2) is 30.4 Å². The minimum atomic E-state index is -0.813. The van der Waals surface area contributed by atoms with Crippen molar-refractivity contribution in [3.05, 3.63) is 76.4 Å². The highest BCUT2D eigenvalue weighted by atomic mass is 32.1. The molecule has 3 aromatic rings. The minimum Gasteiger partial charge on any atom is -0.497 e. The highest BCUT2D eigenvalue weighted by molar-refractivity contribution is 7.10. The van der Waals surface area contributed by atoms with Crippen molar-refractivity contribution in [2.75, 3.05) is 13.7 Å². The molecule has 31 heavy (non-hydrogen) atoms. The Morgan fingerprint density at radius 3 is 2.58 bits per heavy atom. The molecule has 1 aromatic carbocycles. The maximum atomic E-state index is 13.3. The number of rotatable bonds is 11. The van der Waals surface area contributed by atoms with Gasteiger partial charge in [-0.05, 0) is 47.7 Å². The van der Waals surface area contributed by atoms with Crippen molar-refractivity contribution >= 4 is 23.2 Å². The number of benzene rings is 1. The lowest BCUT2D eigenvalue weighted by Crippen LogP contribution is -2.44. The predicted octanol–water partition coefficient (Wildman–Crippen LogP) is 4.58. The molecular weight excluding hydrogens is 412 g/mol. The Balaban J connectivity index is 1.78. The maximum Gasteiger partial charge on any atom is 0.251 e. The van der Waals surface area contributed by atoms with Gasteiger partial charge in [0.05, 0.1) is 19.8 Å². The van der Waals surface area contributed by atoms with Crippen LogP contribution in [0.25, 0.3) is 0 Å². The van der Waals surface area contributed by atoms with Crippen molar-refractivity contribution in [3.8, 4) is 5.75 Å². The molecule has 0 bridgehead atoms. The van der Waals surface area contributed by atoms with E-state index < -0.39 is 6.04 Å². The second-order valence-corrected chi connectivity index (χ2v) is 8.21. The number of carbonyl (C=O) groups excluding carboxylic acids is 2. The number of furan rings is 1. The third-order valence-electron chi connectivity index (χ3n) is 4.98. The number of nitrogens with one attached hydrogen (secondary N) is 1. The molecule has 0 saturated heterocycles. The molecule has 3 rings (SSSR count). The lowest BCUT2D eigenvalue weighted by Gasteiger charge is -2.30. The molecule has 2 aromatic heterocycles. The van der Waals surface area contributed by atoms with Crippen LogP contribution >= 0.6 is 11.3 Å². The number of hydrogen-bond donors (Lipinski definition) is 1. The van der Waals surface area contributed by atoms with E-state index in [1.54, 1.807) is 24.1 Å². The number of amides is 2. The van der Waals surface area contributed by atoms with Crippen LogP contribution in [0.15, 0.2) is 64.6 Å². The van der Waals surface area contributed by atoms with Crippen LogP contribution in [0, 0.1) is 0 Å². The molecule has 1 N–H and O–H groups in total. The first kappa shape index (κ1) is 22.6. The van der Waals surface area contributed by atoms with Gasteiger partial charge in [-0.2, -0.15) is 0 Å². The first-order valence-corrected chi connectivity index (χ1v) is 11.3. The zero-order valence-electron chi connectivity index (χ0n) is 17.9. The summed E-state index contributed by atoms with van der Waals surface area (Å²) in [6, 6.07) is 14.0. The monoisotopic (exact) mass is 440 g/mol. The summed E-state index contributed by atoms with van der Waals surface area (Å²) in [4.78, 5) is 29.1. The molecular formula is C24H28N2O4S. The summed E-state index contributed by atoms with van der Waals surface area (Å²) < 4.78 is 10.8. The van der Waals surface area contributed by atoms with Gasteiger partial charge in [-0.15, -0.1) is 11.3 Å². The third kappa shape index (κ3) is 6.21. The van der Waals surface area contributed by atoms with E-state index in [4.69, 9.17) is 9.15 Å². The zero-order chi connectivity index (χ0) is 22.1. The van der Waals surface area contributed by atoms with Crippen LogP contribution in [0.2, 0.25) is 0 Å². The van der Waals surface area contributed by atoms with Gasteiger partial charge in [0.15, 0.2) is 6.04 Å². The second-order valence-electron chi connectivity index (χ2n) is 7.18. The van der Waals surface area contributed by atoms with Gasteiger partial charge in [-0.1, -0.05) is 31.5 Å². The van der Waals surface area contributed by atoms with E-state index in [1.807, 2.05) is 41.8 Å². The van der Waals surface area contributed by atoms with Crippen molar-refractivity contribution in [2.45, 2.75) is 38.8 Å². The van der Waals surface area contributed by atoms with Gasteiger partial charge < -0.3 is 19.4 Å². The van der Waals surface area contributed by atoms with Crippen LogP contribution in [0.1, 0.15) is 42.0 Å². The summed E-state index contributed by atoms with van der Waals surface area (Å²) in [6.45, 7) is 2.90. The van der Waals surface area contributed by atoms with Gasteiger partial charge in [-0.25, -0.2) is 0 Å². The van der Waals surface area contributed by atoms with E-state index in [2.05, 4.69) is 12.2 Å². The molecule has 0 fully saturated rings. The number of hydrogen-bond acceptors (Lipinski definition) is 5. The van der Waals surface area contributed by atoms with Crippen LogP contribution < -0.4 is 10.1 Å².